The third-order valence-electron chi connectivity index (χ3n) is 2.62. The van der Waals surface area contributed by atoms with Crippen molar-refractivity contribution >= 4 is 11.4 Å². The van der Waals surface area contributed by atoms with Crippen LogP contribution in [0.5, 0.6) is 0 Å². The Morgan fingerprint density at radius 1 is 1.37 bits per heavy atom. The third kappa shape index (κ3) is 2.95. The molecule has 0 fully saturated rings. The molecular weight excluding hydrogens is 259 g/mol. The lowest BCUT2D eigenvalue weighted by atomic mass is 10.1. The maximum Gasteiger partial charge on any atom is 0.433 e. The molecule has 0 aliphatic heterocycles. The first-order valence-corrected chi connectivity index (χ1v) is 5.46. The minimum atomic E-state index is -4.50. The average Bonchev–Trinajstić information content (AvgIpc) is 2.84. The zero-order chi connectivity index (χ0) is 14.0. The zero-order valence-electron chi connectivity index (χ0n) is 9.99. The van der Waals surface area contributed by atoms with Crippen LogP contribution in [0.2, 0.25) is 0 Å². The molecule has 0 spiro atoms. The van der Waals surface area contributed by atoms with E-state index in [0.29, 0.717) is 0 Å². The van der Waals surface area contributed by atoms with Crippen LogP contribution in [0.1, 0.15) is 24.2 Å². The van der Waals surface area contributed by atoms with E-state index < -0.39 is 11.9 Å². The number of pyridine rings is 1. The summed E-state index contributed by atoms with van der Waals surface area (Å²) in [5, 5.41) is 9.31. The van der Waals surface area contributed by atoms with E-state index in [1.54, 1.807) is 19.3 Å². The highest BCUT2D eigenvalue weighted by atomic mass is 19.4. The first-order chi connectivity index (χ1) is 8.88. The fourth-order valence-electron chi connectivity index (χ4n) is 1.56. The Morgan fingerprint density at radius 3 is 2.68 bits per heavy atom. The molecule has 102 valence electrons. The van der Waals surface area contributed by atoms with Gasteiger partial charge in [0.2, 0.25) is 0 Å². The highest BCUT2D eigenvalue weighted by Gasteiger charge is 2.33. The Bertz CT molecular complexity index is 550. The number of hydrogen-bond acceptors (Lipinski definition) is 4. The fraction of sp³-hybridized carbons (Fsp3) is 0.273. The number of H-pyrrole nitrogens is 1. The molecule has 0 aromatic carbocycles. The van der Waals surface area contributed by atoms with E-state index in [0.717, 1.165) is 17.8 Å². The molecule has 0 saturated carbocycles. The Kier molecular flexibility index (Phi) is 3.32. The number of nitrogen functional groups attached to an aromatic ring is 1. The smallest absolute Gasteiger partial charge is 0.396 e. The van der Waals surface area contributed by atoms with E-state index in [-0.39, 0.29) is 17.4 Å². The van der Waals surface area contributed by atoms with Gasteiger partial charge in [-0.1, -0.05) is 0 Å². The van der Waals surface area contributed by atoms with Crippen molar-refractivity contribution in [3.63, 3.8) is 0 Å². The highest BCUT2D eigenvalue weighted by Crippen LogP contribution is 2.32. The second kappa shape index (κ2) is 4.79. The molecule has 2 aromatic rings. The Hall–Kier alpha value is -2.25. The summed E-state index contributed by atoms with van der Waals surface area (Å²) >= 11 is 0. The number of rotatable bonds is 3. The molecule has 5 nitrogen and oxygen atoms in total. The summed E-state index contributed by atoms with van der Waals surface area (Å²) in [6.07, 6.45) is -0.268. The van der Waals surface area contributed by atoms with Crippen LogP contribution in [0.15, 0.2) is 24.7 Å². The van der Waals surface area contributed by atoms with Gasteiger partial charge in [-0.15, -0.1) is 0 Å². The van der Waals surface area contributed by atoms with Crippen molar-refractivity contribution in [1.29, 1.82) is 0 Å². The predicted octanol–water partition coefficient (Wildman–Crippen LogP) is 2.58. The fourth-order valence-corrected chi connectivity index (χ4v) is 1.56. The van der Waals surface area contributed by atoms with Crippen molar-refractivity contribution in [1.82, 2.24) is 15.2 Å². The van der Waals surface area contributed by atoms with Gasteiger partial charge in [-0.2, -0.15) is 18.3 Å². The van der Waals surface area contributed by atoms with Crippen LogP contribution in [-0.2, 0) is 6.18 Å². The normalized spacial score (nSPS) is 13.3. The average molecular weight is 271 g/mol. The summed E-state index contributed by atoms with van der Waals surface area (Å²) in [6, 6.07) is 0.663. The molecule has 1 unspecified atom stereocenters. The van der Waals surface area contributed by atoms with Crippen molar-refractivity contribution in [2.24, 2.45) is 0 Å². The van der Waals surface area contributed by atoms with Gasteiger partial charge in [0.25, 0.3) is 0 Å². The second-order valence-electron chi connectivity index (χ2n) is 4.05. The van der Waals surface area contributed by atoms with Gasteiger partial charge in [0.1, 0.15) is 5.69 Å². The first-order valence-electron chi connectivity index (χ1n) is 5.46. The SMILES string of the molecule is CC(Nc1cc(C(F)(F)F)ncc1N)c1cn[nH]c1. The first kappa shape index (κ1) is 13.2. The van der Waals surface area contributed by atoms with Crippen LogP contribution in [-0.4, -0.2) is 15.2 Å². The number of halogens is 3. The monoisotopic (exact) mass is 271 g/mol. The predicted molar refractivity (Wildman–Crippen MR) is 64.3 cm³/mol. The van der Waals surface area contributed by atoms with Gasteiger partial charge in [-0.25, -0.2) is 4.98 Å². The molecule has 2 aromatic heterocycles. The standard InChI is InChI=1S/C11H12F3N5/c1-6(7-3-17-18-4-7)19-9-2-10(11(12,13)14)16-5-8(9)15/h2-6H,15H2,1H3,(H,16,19)(H,17,18). The number of hydrogen-bond donors (Lipinski definition) is 3. The van der Waals surface area contributed by atoms with Crippen molar-refractivity contribution < 1.29 is 13.2 Å². The molecule has 4 N–H and O–H groups in total. The number of anilines is 2. The topological polar surface area (TPSA) is 79.6 Å². The molecule has 0 radical (unpaired) electrons. The van der Waals surface area contributed by atoms with Crippen molar-refractivity contribution in [3.05, 3.63) is 35.9 Å². The molecule has 0 bridgehead atoms. The van der Waals surface area contributed by atoms with Crippen LogP contribution < -0.4 is 11.1 Å². The largest absolute Gasteiger partial charge is 0.433 e. The lowest BCUT2D eigenvalue weighted by molar-refractivity contribution is -0.141. The van der Waals surface area contributed by atoms with E-state index in [2.05, 4.69) is 20.5 Å². The quantitative estimate of drug-likeness (QED) is 0.801. The number of nitrogens with two attached hydrogens (primary N) is 1. The summed E-state index contributed by atoms with van der Waals surface area (Å²) in [4.78, 5) is 3.27. The Balaban J connectivity index is 2.25. The summed E-state index contributed by atoms with van der Waals surface area (Å²) in [5.74, 6) is 0. The van der Waals surface area contributed by atoms with Gasteiger partial charge in [-0.3, -0.25) is 5.10 Å². The minimum absolute atomic E-state index is 0.156. The van der Waals surface area contributed by atoms with Gasteiger partial charge in [-0.05, 0) is 13.0 Å². The molecule has 2 heterocycles. The van der Waals surface area contributed by atoms with Crippen molar-refractivity contribution in [3.8, 4) is 0 Å². The van der Waals surface area contributed by atoms with E-state index in [1.165, 1.54) is 0 Å². The van der Waals surface area contributed by atoms with Crippen LogP contribution in [0.4, 0.5) is 24.5 Å². The molecular formula is C11H12F3N5. The Morgan fingerprint density at radius 2 is 2.11 bits per heavy atom. The number of nitrogens with zero attached hydrogens (tertiary/aromatic N) is 2. The number of aromatic amines is 1. The maximum atomic E-state index is 12.6. The molecule has 0 amide bonds. The number of aromatic nitrogens is 3. The molecule has 0 aliphatic rings. The lowest BCUT2D eigenvalue weighted by Crippen LogP contribution is -2.12. The van der Waals surface area contributed by atoms with Gasteiger partial charge < -0.3 is 11.1 Å². The molecule has 8 heteroatoms. The molecule has 0 saturated heterocycles. The maximum absolute atomic E-state index is 12.6. The van der Waals surface area contributed by atoms with Crippen molar-refractivity contribution in [2.45, 2.75) is 19.1 Å². The second-order valence-corrected chi connectivity index (χ2v) is 4.05. The molecule has 0 aliphatic carbocycles. The number of alkyl halides is 3. The number of nitrogens with one attached hydrogen (secondary N) is 2. The van der Waals surface area contributed by atoms with E-state index in [1.807, 2.05) is 0 Å². The lowest BCUT2D eigenvalue weighted by Gasteiger charge is -2.16. The summed E-state index contributed by atoms with van der Waals surface area (Å²) in [7, 11) is 0. The zero-order valence-corrected chi connectivity index (χ0v) is 9.99. The Labute approximate surface area is 107 Å². The third-order valence-corrected chi connectivity index (χ3v) is 2.62. The van der Waals surface area contributed by atoms with E-state index >= 15 is 0 Å². The van der Waals surface area contributed by atoms with Crippen LogP contribution in [0.3, 0.4) is 0 Å². The van der Waals surface area contributed by atoms with Gasteiger partial charge in [0.05, 0.1) is 29.8 Å². The van der Waals surface area contributed by atoms with Gasteiger partial charge in [0.15, 0.2) is 0 Å². The van der Waals surface area contributed by atoms with Gasteiger partial charge >= 0.3 is 6.18 Å². The van der Waals surface area contributed by atoms with Crippen LogP contribution in [0.25, 0.3) is 0 Å². The summed E-state index contributed by atoms with van der Waals surface area (Å²) in [5.41, 5.74) is 5.79. The summed E-state index contributed by atoms with van der Waals surface area (Å²) < 4.78 is 37.7. The van der Waals surface area contributed by atoms with Crippen LogP contribution >= 0.6 is 0 Å². The van der Waals surface area contributed by atoms with Crippen molar-refractivity contribution in [2.75, 3.05) is 11.1 Å². The molecule has 1 atom stereocenters. The minimum Gasteiger partial charge on any atom is -0.396 e. The van der Waals surface area contributed by atoms with Crippen LogP contribution in [0, 0.1) is 0 Å². The highest BCUT2D eigenvalue weighted by molar-refractivity contribution is 5.66. The summed E-state index contributed by atoms with van der Waals surface area (Å²) in [6.45, 7) is 1.79. The van der Waals surface area contributed by atoms with Gasteiger partial charge in [0, 0.05) is 11.8 Å². The molecule has 19 heavy (non-hydrogen) atoms. The molecule has 2 rings (SSSR count). The van der Waals surface area contributed by atoms with E-state index in [4.69, 9.17) is 5.73 Å². The van der Waals surface area contributed by atoms with E-state index in [9.17, 15) is 13.2 Å².